The van der Waals surface area contributed by atoms with Gasteiger partial charge in [0.25, 0.3) is 0 Å². The predicted molar refractivity (Wildman–Crippen MR) is 114 cm³/mol. The summed E-state index contributed by atoms with van der Waals surface area (Å²) >= 11 is 5.91. The first-order valence-electron chi connectivity index (χ1n) is 9.83. The van der Waals surface area contributed by atoms with E-state index in [0.29, 0.717) is 24.7 Å². The van der Waals surface area contributed by atoms with Gasteiger partial charge in [0.15, 0.2) is 0 Å². The van der Waals surface area contributed by atoms with Crippen LogP contribution in [0.25, 0.3) is 11.3 Å². The summed E-state index contributed by atoms with van der Waals surface area (Å²) in [5.41, 5.74) is 4.79. The highest BCUT2D eigenvalue weighted by atomic mass is 35.5. The van der Waals surface area contributed by atoms with E-state index in [4.69, 9.17) is 26.4 Å². The van der Waals surface area contributed by atoms with Gasteiger partial charge in [-0.05, 0) is 42.0 Å². The summed E-state index contributed by atoms with van der Waals surface area (Å²) in [4.78, 5) is 22.2. The van der Waals surface area contributed by atoms with Crippen LogP contribution in [0.15, 0.2) is 54.7 Å². The van der Waals surface area contributed by atoms with Crippen molar-refractivity contribution in [1.29, 1.82) is 0 Å². The van der Waals surface area contributed by atoms with Gasteiger partial charge in [-0.2, -0.15) is 0 Å². The van der Waals surface area contributed by atoms with Crippen LogP contribution in [-0.2, 0) is 24.4 Å². The summed E-state index contributed by atoms with van der Waals surface area (Å²) in [6, 6.07) is 15.4. The van der Waals surface area contributed by atoms with Gasteiger partial charge in [0.1, 0.15) is 12.4 Å². The second-order valence-corrected chi connectivity index (χ2v) is 7.69. The van der Waals surface area contributed by atoms with Crippen molar-refractivity contribution in [1.82, 2.24) is 14.9 Å². The molecule has 3 aromatic rings. The van der Waals surface area contributed by atoms with Gasteiger partial charge in [-0.25, -0.2) is 4.98 Å². The smallest absolute Gasteiger partial charge is 0.304 e. The largest absolute Gasteiger partial charge is 0.489 e. The number of fused-ring (bicyclic) bond motifs is 1. The van der Waals surface area contributed by atoms with Crippen LogP contribution in [-0.4, -0.2) is 39.0 Å². The first-order valence-corrected chi connectivity index (χ1v) is 10.2. The third kappa shape index (κ3) is 5.14. The monoisotopic (exact) mass is 423 g/mol. The second kappa shape index (κ2) is 9.24. The maximum atomic E-state index is 10.8. The van der Waals surface area contributed by atoms with E-state index in [1.54, 1.807) is 6.20 Å². The quantitative estimate of drug-likeness (QED) is 0.613. The average Bonchev–Trinajstić information content (AvgIpc) is 2.77. The van der Waals surface area contributed by atoms with E-state index in [1.807, 2.05) is 48.5 Å². The summed E-state index contributed by atoms with van der Waals surface area (Å²) in [6.07, 6.45) is 2.70. The maximum absolute atomic E-state index is 10.8. The van der Waals surface area contributed by atoms with Gasteiger partial charge in [0.2, 0.25) is 0 Å². The molecule has 30 heavy (non-hydrogen) atoms. The highest BCUT2D eigenvalue weighted by molar-refractivity contribution is 6.30. The Morgan fingerprint density at radius 3 is 2.60 bits per heavy atom. The molecule has 6 nitrogen and oxygen atoms in total. The van der Waals surface area contributed by atoms with E-state index >= 15 is 0 Å². The number of ether oxygens (including phenoxy) is 1. The highest BCUT2D eigenvalue weighted by Crippen LogP contribution is 2.24. The van der Waals surface area contributed by atoms with Gasteiger partial charge in [-0.15, -0.1) is 0 Å². The number of rotatable bonds is 7. The molecule has 1 aliphatic rings. The molecule has 0 unspecified atom stereocenters. The first kappa shape index (κ1) is 20.3. The number of hydrogen-bond acceptors (Lipinski definition) is 5. The summed E-state index contributed by atoms with van der Waals surface area (Å²) in [6.45, 7) is 2.46. The zero-order valence-corrected chi connectivity index (χ0v) is 17.2. The maximum Gasteiger partial charge on any atom is 0.304 e. The Labute approximate surface area is 180 Å². The van der Waals surface area contributed by atoms with Crippen LogP contribution in [0.2, 0.25) is 5.02 Å². The molecule has 154 valence electrons. The van der Waals surface area contributed by atoms with Gasteiger partial charge >= 0.3 is 5.97 Å². The molecular formula is C23H22ClN3O3. The Kier molecular flexibility index (Phi) is 6.26. The number of aliphatic carboxylic acids is 1. The fraction of sp³-hybridized carbons (Fsp3) is 0.261. The van der Waals surface area contributed by atoms with E-state index in [0.717, 1.165) is 46.9 Å². The Morgan fingerprint density at radius 1 is 1.10 bits per heavy atom. The predicted octanol–water partition coefficient (Wildman–Crippen LogP) is 4.21. The van der Waals surface area contributed by atoms with Crippen LogP contribution < -0.4 is 4.74 Å². The molecular weight excluding hydrogens is 402 g/mol. The highest BCUT2D eigenvalue weighted by Gasteiger charge is 2.19. The van der Waals surface area contributed by atoms with Gasteiger partial charge in [0.05, 0.1) is 29.7 Å². The Hall–Kier alpha value is -2.96. The van der Waals surface area contributed by atoms with E-state index < -0.39 is 5.97 Å². The third-order valence-corrected chi connectivity index (χ3v) is 5.33. The van der Waals surface area contributed by atoms with E-state index in [2.05, 4.69) is 9.88 Å². The topological polar surface area (TPSA) is 75.5 Å². The van der Waals surface area contributed by atoms with E-state index in [9.17, 15) is 4.79 Å². The number of carboxylic acid groups (broad SMARTS) is 1. The molecule has 0 aliphatic carbocycles. The number of halogens is 1. The lowest BCUT2D eigenvalue weighted by Crippen LogP contribution is -2.33. The standard InChI is InChI=1S/C23H22ClN3O3/c24-18-5-1-16(2-6-18)15-30-19-7-3-17(4-8-19)21-13-25-22-14-27(12-10-23(28)29)11-9-20(22)26-21/h1-8,13H,9-12,14-15H2,(H,28,29). The number of hydrogen-bond donors (Lipinski definition) is 1. The first-order chi connectivity index (χ1) is 14.6. The minimum Gasteiger partial charge on any atom is -0.489 e. The normalized spacial score (nSPS) is 13.6. The van der Waals surface area contributed by atoms with Crippen LogP contribution in [0.5, 0.6) is 5.75 Å². The van der Waals surface area contributed by atoms with Crippen LogP contribution in [0.4, 0.5) is 0 Å². The Morgan fingerprint density at radius 2 is 1.87 bits per heavy atom. The van der Waals surface area contributed by atoms with Crippen LogP contribution >= 0.6 is 11.6 Å². The lowest BCUT2D eigenvalue weighted by atomic mass is 10.1. The molecule has 0 bridgehead atoms. The summed E-state index contributed by atoms with van der Waals surface area (Å²) in [5.74, 6) is 0.0107. The summed E-state index contributed by atoms with van der Waals surface area (Å²) < 4.78 is 5.84. The van der Waals surface area contributed by atoms with Crippen molar-refractivity contribution in [3.05, 3.63) is 76.7 Å². The van der Waals surface area contributed by atoms with Crippen molar-refractivity contribution < 1.29 is 14.6 Å². The van der Waals surface area contributed by atoms with Gasteiger partial charge in [-0.3, -0.25) is 14.7 Å². The van der Waals surface area contributed by atoms with Crippen LogP contribution in [0.1, 0.15) is 23.4 Å². The molecule has 0 spiro atoms. The molecule has 1 N–H and O–H groups in total. The molecule has 0 saturated carbocycles. The Bertz CT molecular complexity index is 1020. The number of benzene rings is 2. The summed E-state index contributed by atoms with van der Waals surface area (Å²) in [5, 5.41) is 9.56. The van der Waals surface area contributed by atoms with Crippen molar-refractivity contribution >= 4 is 17.6 Å². The molecule has 4 rings (SSSR count). The van der Waals surface area contributed by atoms with E-state index in [1.165, 1.54) is 0 Å². The zero-order chi connectivity index (χ0) is 20.9. The molecule has 1 aliphatic heterocycles. The SMILES string of the molecule is O=C(O)CCN1CCc2nc(-c3ccc(OCc4ccc(Cl)cc4)cc3)cnc2C1. The molecule has 0 atom stereocenters. The second-order valence-electron chi connectivity index (χ2n) is 7.26. The number of carbonyl (C=O) groups is 1. The van der Waals surface area contributed by atoms with E-state index in [-0.39, 0.29) is 6.42 Å². The molecule has 0 radical (unpaired) electrons. The molecule has 7 heteroatoms. The fourth-order valence-electron chi connectivity index (χ4n) is 3.39. The summed E-state index contributed by atoms with van der Waals surface area (Å²) in [7, 11) is 0. The molecule has 1 aromatic heterocycles. The van der Waals surface area contributed by atoms with Crippen molar-refractivity contribution in [2.75, 3.05) is 13.1 Å². The fourth-order valence-corrected chi connectivity index (χ4v) is 3.52. The molecule has 0 amide bonds. The van der Waals surface area contributed by atoms with Crippen molar-refractivity contribution in [2.24, 2.45) is 0 Å². The number of nitrogens with zero attached hydrogens (tertiary/aromatic N) is 3. The molecule has 0 fully saturated rings. The molecule has 2 heterocycles. The average molecular weight is 424 g/mol. The minimum atomic E-state index is -0.775. The molecule has 2 aromatic carbocycles. The van der Waals surface area contributed by atoms with Crippen molar-refractivity contribution in [3.8, 4) is 17.0 Å². The third-order valence-electron chi connectivity index (χ3n) is 5.08. The van der Waals surface area contributed by atoms with Crippen LogP contribution in [0, 0.1) is 0 Å². The molecule has 0 saturated heterocycles. The minimum absolute atomic E-state index is 0.146. The van der Waals surface area contributed by atoms with Gasteiger partial charge in [-0.1, -0.05) is 23.7 Å². The Balaban J connectivity index is 1.38. The lowest BCUT2D eigenvalue weighted by Gasteiger charge is -2.26. The van der Waals surface area contributed by atoms with Crippen LogP contribution in [0.3, 0.4) is 0 Å². The zero-order valence-electron chi connectivity index (χ0n) is 16.4. The number of carboxylic acids is 1. The number of aromatic nitrogens is 2. The van der Waals surface area contributed by atoms with Gasteiger partial charge in [0, 0.05) is 36.6 Å². The van der Waals surface area contributed by atoms with Crippen molar-refractivity contribution in [3.63, 3.8) is 0 Å². The van der Waals surface area contributed by atoms with Gasteiger partial charge < -0.3 is 9.84 Å². The van der Waals surface area contributed by atoms with Crippen molar-refractivity contribution in [2.45, 2.75) is 26.0 Å². The lowest BCUT2D eigenvalue weighted by molar-refractivity contribution is -0.137.